The summed E-state index contributed by atoms with van der Waals surface area (Å²) in [5.74, 6) is 0.426. The third-order valence-corrected chi connectivity index (χ3v) is 0.520. The first kappa shape index (κ1) is 7.26. The number of nitrogens with two attached hydrogens (primary N) is 2. The molecule has 1 rings (SSSR count). The molecule has 8 heavy (non-hydrogen) atoms. The van der Waals surface area contributed by atoms with Crippen molar-refractivity contribution < 1.29 is 17.1 Å². The average Bonchev–Trinajstić information content (AvgIpc) is 1.87. The number of anilines is 2. The first-order chi connectivity index (χ1) is 3.29. The van der Waals surface area contributed by atoms with Crippen LogP contribution in [-0.4, -0.2) is 15.2 Å². The van der Waals surface area contributed by atoms with E-state index in [9.17, 15) is 0 Å². The summed E-state index contributed by atoms with van der Waals surface area (Å²) in [7, 11) is 0. The molecule has 1 heterocycles. The average molecular weight is 163 g/mol. The van der Waals surface area contributed by atoms with Gasteiger partial charge in [-0.05, 0) is 0 Å². The van der Waals surface area contributed by atoms with Crippen LogP contribution in [0.3, 0.4) is 0 Å². The Hall–Kier alpha value is -0.741. The van der Waals surface area contributed by atoms with Gasteiger partial charge < -0.3 is 11.5 Å². The predicted molar refractivity (Wildman–Crippen MR) is 25.2 cm³/mol. The van der Waals surface area contributed by atoms with Crippen molar-refractivity contribution in [2.45, 2.75) is 0 Å². The Morgan fingerprint density at radius 3 is 2.12 bits per heavy atom. The molecule has 1 aromatic heterocycles. The van der Waals surface area contributed by atoms with Crippen LogP contribution < -0.4 is 11.5 Å². The van der Waals surface area contributed by atoms with Crippen LogP contribution in [0.15, 0.2) is 0 Å². The van der Waals surface area contributed by atoms with E-state index in [1.54, 1.807) is 0 Å². The van der Waals surface area contributed by atoms with E-state index in [0.29, 0.717) is 0 Å². The molecule has 49 valence electrons. The Morgan fingerprint density at radius 2 is 2.00 bits per heavy atom. The summed E-state index contributed by atoms with van der Waals surface area (Å²) in [5.41, 5.74) is 10.1. The molecule has 1 aromatic rings. The molecular weight excluding hydrogens is 158 g/mol. The Morgan fingerprint density at radius 1 is 1.38 bits per heavy atom. The van der Waals surface area contributed by atoms with Crippen molar-refractivity contribution in [3.8, 4) is 0 Å². The van der Waals surface area contributed by atoms with Crippen molar-refractivity contribution >= 4 is 11.9 Å². The summed E-state index contributed by atoms with van der Waals surface area (Å²) >= 11 is 0. The zero-order chi connectivity index (χ0) is 5.28. The van der Waals surface area contributed by atoms with E-state index in [2.05, 4.69) is 15.2 Å². The first-order valence-corrected chi connectivity index (χ1v) is 1.72. The zero-order valence-electron chi connectivity index (χ0n) is 3.85. The van der Waals surface area contributed by atoms with Crippen LogP contribution in [0.2, 0.25) is 0 Å². The molecule has 0 bridgehead atoms. The SMILES string of the molecule is Nc1n[nH]c(N)n1.[Cu]. The number of aromatic amines is 1. The number of hydrogen-bond donors (Lipinski definition) is 3. The van der Waals surface area contributed by atoms with Crippen LogP contribution >= 0.6 is 0 Å². The fraction of sp³-hybridized carbons (Fsp3) is 0. The molecule has 0 amide bonds. The molecule has 5 N–H and O–H groups in total. The van der Waals surface area contributed by atoms with Crippen molar-refractivity contribution in [1.82, 2.24) is 15.2 Å². The zero-order valence-corrected chi connectivity index (χ0v) is 4.79. The van der Waals surface area contributed by atoms with Gasteiger partial charge in [-0.25, -0.2) is 5.10 Å². The summed E-state index contributed by atoms with van der Waals surface area (Å²) in [4.78, 5) is 3.50. The fourth-order valence-corrected chi connectivity index (χ4v) is 0.288. The topological polar surface area (TPSA) is 93.6 Å². The minimum absolute atomic E-state index is 0. The van der Waals surface area contributed by atoms with Gasteiger partial charge in [0.25, 0.3) is 0 Å². The van der Waals surface area contributed by atoms with E-state index in [-0.39, 0.29) is 29.0 Å². The molecule has 6 heteroatoms. The Labute approximate surface area is 56.3 Å². The van der Waals surface area contributed by atoms with Crippen molar-refractivity contribution in [1.29, 1.82) is 0 Å². The van der Waals surface area contributed by atoms with Crippen molar-refractivity contribution in [3.63, 3.8) is 0 Å². The summed E-state index contributed by atoms with van der Waals surface area (Å²) in [5, 5.41) is 5.79. The van der Waals surface area contributed by atoms with Crippen molar-refractivity contribution in [2.75, 3.05) is 11.5 Å². The van der Waals surface area contributed by atoms with E-state index in [0.717, 1.165) is 0 Å². The Kier molecular flexibility index (Phi) is 2.30. The van der Waals surface area contributed by atoms with Gasteiger partial charge in [0.2, 0.25) is 11.9 Å². The number of H-pyrrole nitrogens is 1. The van der Waals surface area contributed by atoms with Gasteiger partial charge in [0.05, 0.1) is 0 Å². The van der Waals surface area contributed by atoms with Crippen LogP contribution in [0.1, 0.15) is 0 Å². The minimum Gasteiger partial charge on any atom is -0.368 e. The second-order valence-corrected chi connectivity index (χ2v) is 1.08. The van der Waals surface area contributed by atoms with E-state index in [1.807, 2.05) is 0 Å². The molecule has 0 saturated heterocycles. The fourth-order valence-electron chi connectivity index (χ4n) is 0.288. The second kappa shape index (κ2) is 2.54. The van der Waals surface area contributed by atoms with Gasteiger partial charge in [-0.1, -0.05) is 0 Å². The Balaban J connectivity index is 0.000000490. The molecular formula is C2H5CuN5. The molecule has 0 atom stereocenters. The number of rotatable bonds is 0. The molecule has 0 aliphatic rings. The number of nitrogen functional groups attached to an aromatic ring is 2. The number of nitrogens with zero attached hydrogens (tertiary/aromatic N) is 2. The molecule has 0 aromatic carbocycles. The van der Waals surface area contributed by atoms with Crippen molar-refractivity contribution in [2.24, 2.45) is 0 Å². The van der Waals surface area contributed by atoms with Gasteiger partial charge in [-0.15, -0.1) is 5.10 Å². The molecule has 0 unspecified atom stereocenters. The largest absolute Gasteiger partial charge is 0.368 e. The maximum Gasteiger partial charge on any atom is 0.241 e. The predicted octanol–water partition coefficient (Wildman–Crippen LogP) is -1.03. The van der Waals surface area contributed by atoms with Crippen LogP contribution in [0.4, 0.5) is 11.9 Å². The standard InChI is InChI=1S/C2H5N5.Cu/c3-1-5-2(4)7-6-1;/h(H5,3,4,5,6,7);. The molecule has 0 spiro atoms. The minimum atomic E-state index is 0. The van der Waals surface area contributed by atoms with E-state index in [1.165, 1.54) is 0 Å². The quantitative estimate of drug-likeness (QED) is 0.425. The molecule has 0 fully saturated rings. The van der Waals surface area contributed by atoms with Crippen molar-refractivity contribution in [3.05, 3.63) is 0 Å². The maximum atomic E-state index is 5.07. The monoisotopic (exact) mass is 162 g/mol. The first-order valence-electron chi connectivity index (χ1n) is 1.72. The summed E-state index contributed by atoms with van der Waals surface area (Å²) < 4.78 is 0. The van der Waals surface area contributed by atoms with Crippen LogP contribution in [0.25, 0.3) is 0 Å². The molecule has 0 aliphatic heterocycles. The third-order valence-electron chi connectivity index (χ3n) is 0.520. The van der Waals surface area contributed by atoms with E-state index < -0.39 is 0 Å². The smallest absolute Gasteiger partial charge is 0.241 e. The number of aromatic nitrogens is 3. The maximum absolute atomic E-state index is 5.07. The number of hydrogen-bond acceptors (Lipinski definition) is 4. The van der Waals surface area contributed by atoms with Crippen LogP contribution in [0, 0.1) is 0 Å². The van der Waals surface area contributed by atoms with Gasteiger partial charge in [-0.2, -0.15) is 4.98 Å². The van der Waals surface area contributed by atoms with Crippen LogP contribution in [-0.2, 0) is 17.1 Å². The molecule has 0 aliphatic carbocycles. The Bertz CT molecular complexity index is 143. The van der Waals surface area contributed by atoms with Crippen LogP contribution in [0.5, 0.6) is 0 Å². The summed E-state index contributed by atoms with van der Waals surface area (Å²) in [6.45, 7) is 0. The normalized spacial score (nSPS) is 8.00. The van der Waals surface area contributed by atoms with E-state index in [4.69, 9.17) is 11.5 Å². The van der Waals surface area contributed by atoms with Gasteiger partial charge in [0, 0.05) is 17.1 Å². The van der Waals surface area contributed by atoms with Gasteiger partial charge >= 0.3 is 0 Å². The number of nitrogens with one attached hydrogen (secondary N) is 1. The van der Waals surface area contributed by atoms with Gasteiger partial charge in [0.15, 0.2) is 0 Å². The molecule has 5 nitrogen and oxygen atoms in total. The molecule has 0 saturated carbocycles. The van der Waals surface area contributed by atoms with E-state index >= 15 is 0 Å². The van der Waals surface area contributed by atoms with Gasteiger partial charge in [0.1, 0.15) is 0 Å². The third kappa shape index (κ3) is 1.40. The van der Waals surface area contributed by atoms with Gasteiger partial charge in [-0.3, -0.25) is 0 Å². The second-order valence-electron chi connectivity index (χ2n) is 1.08. The molecule has 1 radical (unpaired) electrons. The summed E-state index contributed by atoms with van der Waals surface area (Å²) in [6, 6.07) is 0. The summed E-state index contributed by atoms with van der Waals surface area (Å²) in [6.07, 6.45) is 0.